The number of hydroxylamine groups is 1. The number of nitrogens with one attached hydrogen (secondary N) is 3. The Balaban J connectivity index is 1.64. The lowest BCUT2D eigenvalue weighted by Crippen LogP contribution is -3.00. The molecule has 3 atom stereocenters. The zero-order chi connectivity index (χ0) is 20.9. The molecule has 0 radical (unpaired) electrons. The van der Waals surface area contributed by atoms with Crippen LogP contribution in [0.5, 0.6) is 5.75 Å². The average molecular weight is 404 g/mol. The van der Waals surface area contributed by atoms with Crippen molar-refractivity contribution in [2.75, 3.05) is 17.7 Å². The number of benzene rings is 2. The highest BCUT2D eigenvalue weighted by molar-refractivity contribution is 5.68. The van der Waals surface area contributed by atoms with Crippen LogP contribution >= 0.6 is 0 Å². The van der Waals surface area contributed by atoms with Gasteiger partial charge in [-0.2, -0.15) is 4.98 Å². The van der Waals surface area contributed by atoms with Crippen LogP contribution in [0.2, 0.25) is 0 Å². The second-order valence-electron chi connectivity index (χ2n) is 8.30. The van der Waals surface area contributed by atoms with Crippen molar-refractivity contribution >= 4 is 29.0 Å². The van der Waals surface area contributed by atoms with Crippen molar-refractivity contribution in [2.45, 2.75) is 32.2 Å². The van der Waals surface area contributed by atoms with Gasteiger partial charge in [0, 0.05) is 23.4 Å². The van der Waals surface area contributed by atoms with E-state index in [0.717, 1.165) is 17.7 Å². The van der Waals surface area contributed by atoms with Gasteiger partial charge in [-0.1, -0.05) is 26.0 Å². The Bertz CT molecular complexity index is 1120. The zero-order valence-corrected chi connectivity index (χ0v) is 17.2. The van der Waals surface area contributed by atoms with Crippen LogP contribution in [0.4, 0.5) is 29.0 Å². The smallest absolute Gasteiger partial charge is 0.232 e. The van der Waals surface area contributed by atoms with Gasteiger partial charge in [0.25, 0.3) is 0 Å². The van der Waals surface area contributed by atoms with Gasteiger partial charge in [-0.15, -0.1) is 0 Å². The molecule has 1 aliphatic heterocycles. The molecule has 2 aliphatic rings. The highest BCUT2D eigenvalue weighted by Gasteiger charge is 2.49. The number of nitrogens with zero attached hydrogens (tertiary/aromatic N) is 3. The van der Waals surface area contributed by atoms with E-state index in [1.54, 1.807) is 25.3 Å². The van der Waals surface area contributed by atoms with Crippen molar-refractivity contribution in [2.24, 2.45) is 5.92 Å². The first-order valence-electron chi connectivity index (χ1n) is 10.0. The van der Waals surface area contributed by atoms with E-state index in [0.29, 0.717) is 41.5 Å². The van der Waals surface area contributed by atoms with Crippen LogP contribution in [0.1, 0.15) is 31.4 Å². The van der Waals surface area contributed by atoms with Gasteiger partial charge in [-0.3, -0.25) is 0 Å². The SMILES string of the molecule is COc1ccc2cc1Nc1ncnc(n1)Nc1cc(ccc1C1(C)CC1C)C[NH+]2[O-]. The lowest BCUT2D eigenvalue weighted by atomic mass is 9.92. The minimum Gasteiger partial charge on any atom is -0.629 e. The lowest BCUT2D eigenvalue weighted by molar-refractivity contribution is -0.791. The molecule has 0 spiro atoms. The second-order valence-corrected chi connectivity index (χ2v) is 8.30. The Hall–Kier alpha value is -3.23. The fourth-order valence-electron chi connectivity index (χ4n) is 4.18. The van der Waals surface area contributed by atoms with Gasteiger partial charge < -0.3 is 25.6 Å². The van der Waals surface area contributed by atoms with Crippen LogP contribution in [0, 0.1) is 11.1 Å². The van der Waals surface area contributed by atoms with E-state index in [-0.39, 0.29) is 10.5 Å². The summed E-state index contributed by atoms with van der Waals surface area (Å²) < 4.78 is 5.43. The minimum atomic E-state index is 0.0374. The summed E-state index contributed by atoms with van der Waals surface area (Å²) in [6.45, 7) is 4.84. The minimum absolute atomic E-state index is 0.0374. The molecule has 0 amide bonds. The molecule has 0 saturated heterocycles. The maximum absolute atomic E-state index is 13.0. The van der Waals surface area contributed by atoms with Crippen LogP contribution in [0.3, 0.4) is 0 Å². The molecule has 5 rings (SSSR count). The van der Waals surface area contributed by atoms with Crippen LogP contribution in [0.25, 0.3) is 0 Å². The Morgan fingerprint density at radius 3 is 2.53 bits per heavy atom. The van der Waals surface area contributed by atoms with Crippen molar-refractivity contribution in [3.05, 3.63) is 59.1 Å². The second kappa shape index (κ2) is 6.93. The number of fused-ring (bicyclic) bond motifs is 6. The highest BCUT2D eigenvalue weighted by Crippen LogP contribution is 2.55. The molecule has 8 nitrogen and oxygen atoms in total. The molecule has 3 aromatic rings. The molecule has 1 aromatic heterocycles. The van der Waals surface area contributed by atoms with Crippen LogP contribution in [0.15, 0.2) is 42.7 Å². The number of anilines is 4. The van der Waals surface area contributed by atoms with E-state index in [1.807, 2.05) is 6.07 Å². The van der Waals surface area contributed by atoms with Gasteiger partial charge in [-0.25, -0.2) is 9.97 Å². The third kappa shape index (κ3) is 3.24. The van der Waals surface area contributed by atoms with Gasteiger partial charge in [-0.05, 0) is 35.4 Å². The maximum atomic E-state index is 13.0. The summed E-state index contributed by atoms with van der Waals surface area (Å²) in [7, 11) is 1.59. The molecule has 3 unspecified atom stereocenters. The Morgan fingerprint density at radius 2 is 1.83 bits per heavy atom. The quantitative estimate of drug-likeness (QED) is 0.564. The number of methoxy groups -OCH3 is 1. The number of hydrogen-bond acceptors (Lipinski definition) is 7. The van der Waals surface area contributed by atoms with Gasteiger partial charge >= 0.3 is 0 Å². The molecular weight excluding hydrogens is 380 g/mol. The number of hydrogen-bond donors (Lipinski definition) is 3. The topological polar surface area (TPSA) is 99.5 Å². The highest BCUT2D eigenvalue weighted by atomic mass is 16.5. The maximum Gasteiger partial charge on any atom is 0.232 e. The first-order valence-corrected chi connectivity index (χ1v) is 10.0. The number of ether oxygens (including phenoxy) is 1. The molecule has 3 N–H and O–H groups in total. The molecule has 2 aromatic carbocycles. The zero-order valence-electron chi connectivity index (χ0n) is 17.2. The fourth-order valence-corrected chi connectivity index (χ4v) is 4.18. The molecule has 6 bridgehead atoms. The van der Waals surface area contributed by atoms with Gasteiger partial charge in [0.1, 0.15) is 24.3 Å². The number of rotatable bonds is 2. The molecule has 1 saturated carbocycles. The summed E-state index contributed by atoms with van der Waals surface area (Å²) in [4.78, 5) is 13.0. The Labute approximate surface area is 174 Å². The van der Waals surface area contributed by atoms with Crippen molar-refractivity contribution in [3.63, 3.8) is 0 Å². The summed E-state index contributed by atoms with van der Waals surface area (Å²) >= 11 is 0. The molecule has 8 heteroatoms. The van der Waals surface area contributed by atoms with Gasteiger partial charge in [0.05, 0.1) is 12.8 Å². The summed E-state index contributed by atoms with van der Waals surface area (Å²) in [5.41, 5.74) is 4.46. The largest absolute Gasteiger partial charge is 0.629 e. The summed E-state index contributed by atoms with van der Waals surface area (Å²) in [5, 5.41) is 19.5. The standard InChI is InChI=1S/C22H24N6O2/c1-13-10-22(13,2)16-6-4-14-8-17(16)25-20-23-12-24-21(27-20)26-18-9-15(28(29)11-14)5-7-19(18)30-3/h4-9,12-13,28H,10-11H2,1-3H3,(H2,23,24,25,26,27). The van der Waals surface area contributed by atoms with E-state index in [4.69, 9.17) is 4.74 Å². The van der Waals surface area contributed by atoms with Crippen LogP contribution in [-0.2, 0) is 12.0 Å². The summed E-state index contributed by atoms with van der Waals surface area (Å²) in [6, 6.07) is 11.6. The number of aromatic nitrogens is 3. The monoisotopic (exact) mass is 404 g/mol. The predicted octanol–water partition coefficient (Wildman–Crippen LogP) is 3.19. The molecule has 1 aliphatic carbocycles. The third-order valence-electron chi connectivity index (χ3n) is 6.31. The molecule has 2 heterocycles. The summed E-state index contributed by atoms with van der Waals surface area (Å²) in [5.74, 6) is 2.04. The van der Waals surface area contributed by atoms with Crippen molar-refractivity contribution in [1.82, 2.24) is 15.0 Å². The van der Waals surface area contributed by atoms with Crippen molar-refractivity contribution in [1.29, 1.82) is 0 Å². The van der Waals surface area contributed by atoms with Gasteiger partial charge in [0.15, 0.2) is 0 Å². The molecule has 1 fully saturated rings. The Kier molecular flexibility index (Phi) is 4.34. The van der Waals surface area contributed by atoms with E-state index >= 15 is 0 Å². The lowest BCUT2D eigenvalue weighted by Gasteiger charge is -2.24. The third-order valence-corrected chi connectivity index (χ3v) is 6.31. The molecular formula is C22H24N6O2. The summed E-state index contributed by atoms with van der Waals surface area (Å²) in [6.07, 6.45) is 2.60. The first-order chi connectivity index (χ1) is 14.5. The van der Waals surface area contributed by atoms with E-state index in [2.05, 4.69) is 51.6 Å². The van der Waals surface area contributed by atoms with E-state index < -0.39 is 0 Å². The molecule has 154 valence electrons. The first kappa shape index (κ1) is 18.8. The van der Waals surface area contributed by atoms with E-state index in [9.17, 15) is 5.21 Å². The number of quaternary nitrogens is 1. The van der Waals surface area contributed by atoms with Crippen molar-refractivity contribution < 1.29 is 9.80 Å². The normalized spacial score (nSPS) is 24.4. The predicted molar refractivity (Wildman–Crippen MR) is 115 cm³/mol. The Morgan fingerprint density at radius 1 is 1.10 bits per heavy atom. The van der Waals surface area contributed by atoms with Crippen LogP contribution < -0.4 is 20.4 Å². The van der Waals surface area contributed by atoms with Crippen molar-refractivity contribution in [3.8, 4) is 5.75 Å². The van der Waals surface area contributed by atoms with Crippen LogP contribution in [-0.4, -0.2) is 22.1 Å². The molecule has 30 heavy (non-hydrogen) atoms. The average Bonchev–Trinajstić information content (AvgIpc) is 3.34. The van der Waals surface area contributed by atoms with Gasteiger partial charge in [0.2, 0.25) is 11.9 Å². The van der Waals surface area contributed by atoms with E-state index in [1.165, 1.54) is 11.9 Å². The fraction of sp³-hybridized carbons (Fsp3) is 0.318.